The van der Waals surface area contributed by atoms with Crippen LogP contribution in [-0.2, 0) is 0 Å². The van der Waals surface area contributed by atoms with Gasteiger partial charge in [0.25, 0.3) is 5.69 Å². The number of aliphatic imine (C=N–C) groups is 1. The van der Waals surface area contributed by atoms with Crippen LogP contribution in [0.15, 0.2) is 53.5 Å². The van der Waals surface area contributed by atoms with E-state index >= 15 is 0 Å². The molecule has 4 atom stereocenters. The van der Waals surface area contributed by atoms with Crippen molar-refractivity contribution >= 4 is 34.0 Å². The smallest absolute Gasteiger partial charge is 0.269 e. The molecule has 6 heteroatoms. The lowest BCUT2D eigenvalue weighted by Gasteiger charge is -2.09. The summed E-state index contributed by atoms with van der Waals surface area (Å²) in [6.07, 6.45) is 0.148. The van der Waals surface area contributed by atoms with E-state index in [0.29, 0.717) is 0 Å². The van der Waals surface area contributed by atoms with Crippen LogP contribution in [0.3, 0.4) is 0 Å². The summed E-state index contributed by atoms with van der Waals surface area (Å²) in [5.41, 5.74) is 3.53. The molecule has 0 amide bonds. The van der Waals surface area contributed by atoms with E-state index in [0.717, 1.165) is 16.8 Å². The Morgan fingerprint density at radius 3 is 2.35 bits per heavy atom. The van der Waals surface area contributed by atoms with Crippen LogP contribution in [0.2, 0.25) is 0 Å². The number of nitro benzene ring substituents is 1. The van der Waals surface area contributed by atoms with Crippen molar-refractivity contribution in [2.75, 3.05) is 0 Å². The van der Waals surface area contributed by atoms with E-state index in [2.05, 4.69) is 58.7 Å². The molecule has 0 saturated carbocycles. The minimum Gasteiger partial charge on any atom is -0.269 e. The fourth-order valence-corrected chi connectivity index (χ4v) is 3.72. The van der Waals surface area contributed by atoms with Crippen molar-refractivity contribution in [1.29, 1.82) is 0 Å². The summed E-state index contributed by atoms with van der Waals surface area (Å²) < 4.78 is 1.21. The van der Waals surface area contributed by atoms with Crippen molar-refractivity contribution in [2.45, 2.75) is 25.2 Å². The Kier molecular flexibility index (Phi) is 3.46. The molecule has 2 aromatic rings. The maximum absolute atomic E-state index is 10.8. The molecule has 0 N–H and O–H groups in total. The van der Waals surface area contributed by atoms with Gasteiger partial charge in [0.2, 0.25) is 0 Å². The second-order valence-corrected chi connectivity index (χ2v) is 7.08. The maximum Gasteiger partial charge on any atom is 0.269 e. The molecule has 4 rings (SSSR count). The fourth-order valence-electron chi connectivity index (χ4n) is 3.36. The molecule has 1 unspecified atom stereocenters. The molecule has 2 aliphatic heterocycles. The van der Waals surface area contributed by atoms with Gasteiger partial charge in [-0.05, 0) is 52.8 Å². The third kappa shape index (κ3) is 2.46. The van der Waals surface area contributed by atoms with E-state index in [-0.39, 0.29) is 28.9 Å². The van der Waals surface area contributed by atoms with Gasteiger partial charge in [0.1, 0.15) is 6.17 Å². The van der Waals surface area contributed by atoms with E-state index in [9.17, 15) is 10.1 Å². The molecule has 2 heterocycles. The lowest BCUT2D eigenvalue weighted by molar-refractivity contribution is -0.384. The van der Waals surface area contributed by atoms with Crippen LogP contribution in [0.1, 0.15) is 24.1 Å². The Labute approximate surface area is 147 Å². The number of non-ortho nitro benzene ring substituents is 1. The zero-order valence-corrected chi connectivity index (χ0v) is 14.5. The van der Waals surface area contributed by atoms with Crippen LogP contribution in [-0.4, -0.2) is 27.7 Å². The summed E-state index contributed by atoms with van der Waals surface area (Å²) in [4.78, 5) is 17.5. The molecule has 5 nitrogen and oxygen atoms in total. The van der Waals surface area contributed by atoms with Crippen molar-refractivity contribution in [2.24, 2.45) is 4.99 Å². The number of benzene rings is 2. The lowest BCUT2D eigenvalue weighted by Crippen LogP contribution is -2.09. The van der Waals surface area contributed by atoms with E-state index in [1.165, 1.54) is 3.57 Å². The molecule has 2 aromatic carbocycles. The minimum atomic E-state index is -0.362. The first kappa shape index (κ1) is 14.8. The SMILES string of the molecule is C[C@@H]1N=C(c2ccc(I)cc2)[C@@H]2[C@H](c3ccc([N+](=O)[O-])cc3)N12. The van der Waals surface area contributed by atoms with Gasteiger partial charge in [-0.1, -0.05) is 24.3 Å². The first-order chi connectivity index (χ1) is 11.1. The van der Waals surface area contributed by atoms with Gasteiger partial charge in [-0.3, -0.25) is 20.0 Å². The molecule has 2 aliphatic rings. The van der Waals surface area contributed by atoms with Gasteiger partial charge in [-0.2, -0.15) is 0 Å². The monoisotopic (exact) mass is 419 g/mol. The highest BCUT2D eigenvalue weighted by atomic mass is 127. The molecule has 0 spiro atoms. The Bertz CT molecular complexity index is 802. The van der Waals surface area contributed by atoms with Crippen molar-refractivity contribution in [3.8, 4) is 0 Å². The highest BCUT2D eigenvalue weighted by molar-refractivity contribution is 14.1. The lowest BCUT2D eigenvalue weighted by atomic mass is 10.0. The normalized spacial score (nSPS) is 28.2. The average Bonchev–Trinajstić information content (AvgIpc) is 3.20. The summed E-state index contributed by atoms with van der Waals surface area (Å²) in [5, 5.41) is 10.8. The van der Waals surface area contributed by atoms with Crippen LogP contribution < -0.4 is 0 Å². The molecule has 1 fully saturated rings. The standard InChI is InChI=1S/C17H14IN3O2/c1-10-19-15(11-2-6-13(18)7-3-11)17-16(20(10)17)12-4-8-14(9-5-12)21(22)23/h2-10,16-17H,1H3/t10-,16+,17-,20?/m1/s1. The fraction of sp³-hybridized carbons (Fsp3) is 0.235. The molecular weight excluding hydrogens is 405 g/mol. The maximum atomic E-state index is 10.8. The van der Waals surface area contributed by atoms with Crippen LogP contribution in [0, 0.1) is 13.7 Å². The van der Waals surface area contributed by atoms with E-state index < -0.39 is 0 Å². The number of halogens is 1. The molecule has 0 aliphatic carbocycles. The van der Waals surface area contributed by atoms with Crippen LogP contribution >= 0.6 is 22.6 Å². The third-order valence-electron chi connectivity index (χ3n) is 4.47. The summed E-state index contributed by atoms with van der Waals surface area (Å²) in [6.45, 7) is 2.10. The summed E-state index contributed by atoms with van der Waals surface area (Å²) in [5.74, 6) is 0. The number of nitro groups is 1. The van der Waals surface area contributed by atoms with E-state index in [1.54, 1.807) is 12.1 Å². The van der Waals surface area contributed by atoms with Crippen LogP contribution in [0.4, 0.5) is 5.69 Å². The highest BCUT2D eigenvalue weighted by Gasteiger charge is 2.57. The number of hydrogen-bond donors (Lipinski definition) is 0. The van der Waals surface area contributed by atoms with Crippen LogP contribution in [0.5, 0.6) is 0 Å². The Hall–Kier alpha value is -1.80. The number of nitrogens with zero attached hydrogens (tertiary/aromatic N) is 3. The molecule has 1 saturated heterocycles. The van der Waals surface area contributed by atoms with Gasteiger partial charge in [0.05, 0.1) is 22.7 Å². The van der Waals surface area contributed by atoms with Gasteiger partial charge in [-0.25, -0.2) is 0 Å². The summed E-state index contributed by atoms with van der Waals surface area (Å²) in [7, 11) is 0. The summed E-state index contributed by atoms with van der Waals surface area (Å²) in [6, 6.07) is 15.9. The zero-order valence-electron chi connectivity index (χ0n) is 12.4. The van der Waals surface area contributed by atoms with Crippen LogP contribution in [0.25, 0.3) is 0 Å². The first-order valence-corrected chi connectivity index (χ1v) is 8.49. The number of fused-ring (bicyclic) bond motifs is 1. The van der Waals surface area contributed by atoms with Gasteiger partial charge >= 0.3 is 0 Å². The summed E-state index contributed by atoms with van der Waals surface area (Å²) >= 11 is 2.30. The van der Waals surface area contributed by atoms with Crippen molar-refractivity contribution in [3.63, 3.8) is 0 Å². The van der Waals surface area contributed by atoms with Crippen molar-refractivity contribution in [3.05, 3.63) is 73.3 Å². The highest BCUT2D eigenvalue weighted by Crippen LogP contribution is 2.50. The quantitative estimate of drug-likeness (QED) is 0.330. The predicted octanol–water partition coefficient (Wildman–Crippen LogP) is 3.77. The van der Waals surface area contributed by atoms with Gasteiger partial charge in [-0.15, -0.1) is 0 Å². The van der Waals surface area contributed by atoms with Crippen molar-refractivity contribution < 1.29 is 4.92 Å². The molecule has 0 bridgehead atoms. The molecule has 23 heavy (non-hydrogen) atoms. The average molecular weight is 419 g/mol. The molecule has 116 valence electrons. The number of rotatable bonds is 3. The van der Waals surface area contributed by atoms with Gasteiger partial charge in [0.15, 0.2) is 0 Å². The third-order valence-corrected chi connectivity index (χ3v) is 5.19. The van der Waals surface area contributed by atoms with Gasteiger partial charge in [0, 0.05) is 15.7 Å². The second-order valence-electron chi connectivity index (χ2n) is 5.84. The molecule has 0 radical (unpaired) electrons. The Balaban J connectivity index is 1.61. The topological polar surface area (TPSA) is 58.5 Å². The Morgan fingerprint density at radius 1 is 1.09 bits per heavy atom. The predicted molar refractivity (Wildman–Crippen MR) is 96.6 cm³/mol. The molecular formula is C17H14IN3O2. The Morgan fingerprint density at radius 2 is 1.74 bits per heavy atom. The van der Waals surface area contributed by atoms with E-state index in [1.807, 2.05) is 12.1 Å². The minimum absolute atomic E-state index is 0.133. The zero-order chi connectivity index (χ0) is 16.1. The first-order valence-electron chi connectivity index (χ1n) is 7.41. The van der Waals surface area contributed by atoms with Gasteiger partial charge < -0.3 is 0 Å². The molecule has 0 aromatic heterocycles. The van der Waals surface area contributed by atoms with Crippen molar-refractivity contribution in [1.82, 2.24) is 4.90 Å². The van der Waals surface area contributed by atoms with E-state index in [4.69, 9.17) is 4.99 Å². The second kappa shape index (κ2) is 5.38. The largest absolute Gasteiger partial charge is 0.269 e. The number of hydrogen-bond acceptors (Lipinski definition) is 4.